The molecule has 0 aliphatic carbocycles. The molecule has 0 bridgehead atoms. The van der Waals surface area contributed by atoms with Gasteiger partial charge >= 0.3 is 5.97 Å². The molecule has 0 aromatic heterocycles. The summed E-state index contributed by atoms with van der Waals surface area (Å²) in [6.45, 7) is 3.24. The van der Waals surface area contributed by atoms with Gasteiger partial charge in [-0.2, -0.15) is 0 Å². The van der Waals surface area contributed by atoms with E-state index in [9.17, 15) is 4.79 Å². The zero-order valence-corrected chi connectivity index (χ0v) is 13.2. The summed E-state index contributed by atoms with van der Waals surface area (Å²) in [5.74, 6) is -0.224. The van der Waals surface area contributed by atoms with Crippen LogP contribution in [0.1, 0.15) is 18.9 Å². The third kappa shape index (κ3) is 3.51. The molecule has 0 saturated heterocycles. The van der Waals surface area contributed by atoms with Gasteiger partial charge in [-0.3, -0.25) is 0 Å². The maximum atomic E-state index is 12.1. The molecule has 0 N–H and O–H groups in total. The average Bonchev–Trinajstić information content (AvgIpc) is 2.63. The molecule has 1 aliphatic rings. The van der Waals surface area contributed by atoms with E-state index in [1.807, 2.05) is 37.3 Å². The Labute approximate surface area is 136 Å². The fraction of sp³-hybridized carbons (Fsp3) is 0.250. The van der Waals surface area contributed by atoms with Gasteiger partial charge in [0.25, 0.3) is 0 Å². The zero-order chi connectivity index (χ0) is 16.1. The van der Waals surface area contributed by atoms with Crippen molar-refractivity contribution in [3.05, 3.63) is 65.7 Å². The molecule has 0 spiro atoms. The van der Waals surface area contributed by atoms with Crippen LogP contribution in [0.5, 0.6) is 0 Å². The molecule has 3 rings (SSSR count). The first-order chi connectivity index (χ1) is 11.3. The van der Waals surface area contributed by atoms with Crippen LogP contribution in [0.2, 0.25) is 0 Å². The standard InChI is InChI=1S/C20H20O3/c1-2-23-20(21)18-12-13-22-14-19(18)17-10-8-16(9-11-17)15-6-4-3-5-7-15/h3-11H,2,12-14H2,1H3. The summed E-state index contributed by atoms with van der Waals surface area (Å²) >= 11 is 0. The number of rotatable bonds is 4. The fourth-order valence-electron chi connectivity index (χ4n) is 2.78. The highest BCUT2D eigenvalue weighted by Gasteiger charge is 2.21. The molecule has 3 heteroatoms. The number of ether oxygens (including phenoxy) is 2. The second-order valence-corrected chi connectivity index (χ2v) is 5.42. The van der Waals surface area contributed by atoms with Crippen molar-refractivity contribution in [2.24, 2.45) is 0 Å². The minimum absolute atomic E-state index is 0.224. The van der Waals surface area contributed by atoms with Crippen LogP contribution in [0.4, 0.5) is 0 Å². The van der Waals surface area contributed by atoms with Crippen LogP contribution in [-0.4, -0.2) is 25.8 Å². The van der Waals surface area contributed by atoms with Crippen LogP contribution in [0.15, 0.2) is 60.2 Å². The molecule has 3 nitrogen and oxygen atoms in total. The summed E-state index contributed by atoms with van der Waals surface area (Å²) in [5.41, 5.74) is 5.04. The van der Waals surface area contributed by atoms with Gasteiger partial charge in [0, 0.05) is 12.0 Å². The van der Waals surface area contributed by atoms with Crippen molar-refractivity contribution < 1.29 is 14.3 Å². The Morgan fingerprint density at radius 1 is 1.00 bits per heavy atom. The Kier molecular flexibility index (Phi) is 4.89. The summed E-state index contributed by atoms with van der Waals surface area (Å²) in [6, 6.07) is 18.5. The van der Waals surface area contributed by atoms with Gasteiger partial charge in [-0.25, -0.2) is 4.79 Å². The van der Waals surface area contributed by atoms with Gasteiger partial charge in [-0.05, 0) is 29.2 Å². The highest BCUT2D eigenvalue weighted by Crippen LogP contribution is 2.28. The lowest BCUT2D eigenvalue weighted by molar-refractivity contribution is -0.138. The summed E-state index contributed by atoms with van der Waals surface area (Å²) in [7, 11) is 0. The summed E-state index contributed by atoms with van der Waals surface area (Å²) in [6.07, 6.45) is 0.606. The van der Waals surface area contributed by atoms with E-state index in [-0.39, 0.29) is 5.97 Å². The monoisotopic (exact) mass is 308 g/mol. The van der Waals surface area contributed by atoms with E-state index in [1.165, 1.54) is 5.56 Å². The Balaban J connectivity index is 1.92. The van der Waals surface area contributed by atoms with E-state index in [2.05, 4.69) is 24.3 Å². The molecular formula is C20H20O3. The first kappa shape index (κ1) is 15.5. The van der Waals surface area contributed by atoms with Crippen molar-refractivity contribution in [1.29, 1.82) is 0 Å². The first-order valence-corrected chi connectivity index (χ1v) is 7.92. The molecule has 118 valence electrons. The topological polar surface area (TPSA) is 35.5 Å². The van der Waals surface area contributed by atoms with Crippen LogP contribution < -0.4 is 0 Å². The van der Waals surface area contributed by atoms with E-state index in [1.54, 1.807) is 0 Å². The lowest BCUT2D eigenvalue weighted by atomic mass is 9.95. The molecule has 1 heterocycles. The molecule has 0 unspecified atom stereocenters. The molecule has 23 heavy (non-hydrogen) atoms. The summed E-state index contributed by atoms with van der Waals surface area (Å²) in [5, 5.41) is 0. The van der Waals surface area contributed by atoms with Crippen molar-refractivity contribution in [2.45, 2.75) is 13.3 Å². The number of hydrogen-bond acceptors (Lipinski definition) is 3. The van der Waals surface area contributed by atoms with Crippen molar-refractivity contribution in [1.82, 2.24) is 0 Å². The predicted octanol–water partition coefficient (Wildman–Crippen LogP) is 4.09. The second-order valence-electron chi connectivity index (χ2n) is 5.42. The minimum Gasteiger partial charge on any atom is -0.463 e. The molecular weight excluding hydrogens is 288 g/mol. The van der Waals surface area contributed by atoms with Gasteiger partial charge in [0.05, 0.1) is 19.8 Å². The Morgan fingerprint density at radius 3 is 2.35 bits per heavy atom. The molecule has 0 fully saturated rings. The molecule has 0 saturated carbocycles. The molecule has 2 aromatic carbocycles. The lowest BCUT2D eigenvalue weighted by Gasteiger charge is -2.20. The van der Waals surface area contributed by atoms with Crippen LogP contribution in [0, 0.1) is 0 Å². The molecule has 0 atom stereocenters. The molecule has 0 radical (unpaired) electrons. The highest BCUT2D eigenvalue weighted by molar-refractivity contribution is 5.98. The van der Waals surface area contributed by atoms with Crippen LogP contribution >= 0.6 is 0 Å². The molecule has 0 amide bonds. The average molecular weight is 308 g/mol. The third-order valence-electron chi connectivity index (χ3n) is 3.97. The van der Waals surface area contributed by atoms with Gasteiger partial charge in [-0.1, -0.05) is 54.6 Å². The Morgan fingerprint density at radius 2 is 1.65 bits per heavy atom. The normalized spacial score (nSPS) is 14.7. The van der Waals surface area contributed by atoms with Crippen molar-refractivity contribution in [3.63, 3.8) is 0 Å². The minimum atomic E-state index is -0.224. The Bertz CT molecular complexity index is 699. The van der Waals surface area contributed by atoms with Gasteiger partial charge in [0.2, 0.25) is 0 Å². The summed E-state index contributed by atoms with van der Waals surface area (Å²) in [4.78, 5) is 12.1. The fourth-order valence-corrected chi connectivity index (χ4v) is 2.78. The van der Waals surface area contributed by atoms with Crippen molar-refractivity contribution >= 4 is 11.5 Å². The van der Waals surface area contributed by atoms with E-state index in [0.717, 1.165) is 22.3 Å². The number of esters is 1. The van der Waals surface area contributed by atoms with E-state index < -0.39 is 0 Å². The van der Waals surface area contributed by atoms with Crippen LogP contribution in [-0.2, 0) is 14.3 Å². The maximum Gasteiger partial charge on any atom is 0.334 e. The van der Waals surface area contributed by atoms with E-state index in [0.29, 0.717) is 26.2 Å². The quantitative estimate of drug-likeness (QED) is 0.798. The number of carbonyl (C=O) groups excluding carboxylic acids is 1. The lowest BCUT2D eigenvalue weighted by Crippen LogP contribution is -2.18. The second kappa shape index (κ2) is 7.25. The van der Waals surface area contributed by atoms with Gasteiger partial charge < -0.3 is 9.47 Å². The van der Waals surface area contributed by atoms with Crippen LogP contribution in [0.25, 0.3) is 16.7 Å². The SMILES string of the molecule is CCOC(=O)C1=C(c2ccc(-c3ccccc3)cc2)COCC1. The highest BCUT2D eigenvalue weighted by atomic mass is 16.5. The number of carbonyl (C=O) groups is 1. The van der Waals surface area contributed by atoms with E-state index in [4.69, 9.17) is 9.47 Å². The van der Waals surface area contributed by atoms with Crippen molar-refractivity contribution in [3.8, 4) is 11.1 Å². The predicted molar refractivity (Wildman–Crippen MR) is 90.9 cm³/mol. The third-order valence-corrected chi connectivity index (χ3v) is 3.97. The van der Waals surface area contributed by atoms with Gasteiger partial charge in [-0.15, -0.1) is 0 Å². The number of benzene rings is 2. The van der Waals surface area contributed by atoms with E-state index >= 15 is 0 Å². The maximum absolute atomic E-state index is 12.1. The van der Waals surface area contributed by atoms with Gasteiger partial charge in [0.15, 0.2) is 0 Å². The first-order valence-electron chi connectivity index (χ1n) is 7.92. The van der Waals surface area contributed by atoms with Crippen molar-refractivity contribution in [2.75, 3.05) is 19.8 Å². The zero-order valence-electron chi connectivity index (χ0n) is 13.2. The Hall–Kier alpha value is -2.39. The van der Waals surface area contributed by atoms with Gasteiger partial charge in [0.1, 0.15) is 0 Å². The van der Waals surface area contributed by atoms with Crippen LogP contribution in [0.3, 0.4) is 0 Å². The smallest absolute Gasteiger partial charge is 0.334 e. The largest absolute Gasteiger partial charge is 0.463 e. The number of hydrogen-bond donors (Lipinski definition) is 0. The molecule has 2 aromatic rings. The summed E-state index contributed by atoms with van der Waals surface area (Å²) < 4.78 is 10.7. The molecule has 1 aliphatic heterocycles.